The van der Waals surface area contributed by atoms with E-state index in [9.17, 15) is 14.9 Å². The third-order valence-electron chi connectivity index (χ3n) is 5.63. The third-order valence-corrected chi connectivity index (χ3v) is 5.63. The zero-order valence-electron chi connectivity index (χ0n) is 18.4. The molecule has 4 rings (SSSR count). The maximum absolute atomic E-state index is 12.8. The lowest BCUT2D eigenvalue weighted by Crippen LogP contribution is -2.33. The molecule has 168 valence electrons. The number of nitro benzene ring substituents is 1. The Morgan fingerprint density at radius 1 is 1.15 bits per heavy atom. The fraction of sp³-hybridized carbons (Fsp3) is 0.250. The molecule has 2 unspecified atom stereocenters. The Bertz CT molecular complexity index is 1260. The predicted octanol–water partition coefficient (Wildman–Crippen LogP) is 4.35. The second-order valence-electron chi connectivity index (χ2n) is 7.76. The molecule has 0 radical (unpaired) electrons. The number of rotatable bonds is 6. The van der Waals surface area contributed by atoms with Crippen LogP contribution < -0.4 is 0 Å². The Labute approximate surface area is 190 Å². The molecule has 2 heterocycles. The number of ether oxygens (including phenoxy) is 1. The molecule has 2 atom stereocenters. The molecule has 9 heteroatoms. The first kappa shape index (κ1) is 22.1. The summed E-state index contributed by atoms with van der Waals surface area (Å²) >= 11 is 0. The highest BCUT2D eigenvalue weighted by atomic mass is 16.6. The molecule has 0 bridgehead atoms. The van der Waals surface area contributed by atoms with E-state index in [4.69, 9.17) is 9.26 Å². The van der Waals surface area contributed by atoms with Crippen molar-refractivity contribution in [3.8, 4) is 0 Å². The molecule has 2 aromatic carbocycles. The number of hydrogen-bond acceptors (Lipinski definition) is 8. The van der Waals surface area contributed by atoms with Crippen molar-refractivity contribution in [3.63, 3.8) is 0 Å². The van der Waals surface area contributed by atoms with E-state index >= 15 is 0 Å². The maximum atomic E-state index is 12.8. The molecule has 0 spiro atoms. The van der Waals surface area contributed by atoms with Gasteiger partial charge in [0.25, 0.3) is 11.6 Å². The van der Waals surface area contributed by atoms with Crippen LogP contribution in [0, 0.1) is 16.0 Å². The Balaban J connectivity index is 1.82. The van der Waals surface area contributed by atoms with Gasteiger partial charge in [-0.3, -0.25) is 19.9 Å². The summed E-state index contributed by atoms with van der Waals surface area (Å²) in [6.45, 7) is 3.53. The minimum Gasteiger partial charge on any atom is -0.468 e. The standard InChI is InChI=1S/C24H22N4O5/c1-14-20(23-26-19(27-33-23)12-16-8-5-4-6-9-16)22(21(15(2)25-14)24(29)32-3)17-10-7-11-18(13-17)28(30)31/h4-11,13,21-22H,12H2,1-3H3. The molecule has 1 aromatic heterocycles. The summed E-state index contributed by atoms with van der Waals surface area (Å²) in [5.41, 5.74) is 3.19. The zero-order chi connectivity index (χ0) is 23.5. The van der Waals surface area contributed by atoms with Crippen LogP contribution in [0.5, 0.6) is 0 Å². The van der Waals surface area contributed by atoms with E-state index in [2.05, 4.69) is 15.1 Å². The van der Waals surface area contributed by atoms with Crippen LogP contribution in [0.15, 0.2) is 69.8 Å². The second kappa shape index (κ2) is 9.15. The molecule has 0 saturated carbocycles. The molecule has 0 saturated heterocycles. The highest BCUT2D eigenvalue weighted by Crippen LogP contribution is 2.44. The molecule has 9 nitrogen and oxygen atoms in total. The van der Waals surface area contributed by atoms with Crippen LogP contribution in [0.2, 0.25) is 0 Å². The van der Waals surface area contributed by atoms with Crippen molar-refractivity contribution in [2.45, 2.75) is 26.2 Å². The van der Waals surface area contributed by atoms with Gasteiger partial charge in [0.1, 0.15) is 5.92 Å². The van der Waals surface area contributed by atoms with Crippen LogP contribution in [-0.2, 0) is 16.0 Å². The van der Waals surface area contributed by atoms with Crippen molar-refractivity contribution in [1.82, 2.24) is 10.1 Å². The molecule has 1 aliphatic rings. The smallest absolute Gasteiger partial charge is 0.315 e. The van der Waals surface area contributed by atoms with Crippen molar-refractivity contribution < 1.29 is 19.0 Å². The van der Waals surface area contributed by atoms with E-state index in [-0.39, 0.29) is 11.6 Å². The highest BCUT2D eigenvalue weighted by Gasteiger charge is 2.42. The number of benzene rings is 2. The van der Waals surface area contributed by atoms with Crippen molar-refractivity contribution >= 4 is 22.9 Å². The Morgan fingerprint density at radius 2 is 1.91 bits per heavy atom. The first-order chi connectivity index (χ1) is 15.9. The summed E-state index contributed by atoms with van der Waals surface area (Å²) in [6.07, 6.45) is 0.473. The molecule has 0 aliphatic carbocycles. The van der Waals surface area contributed by atoms with Gasteiger partial charge in [0, 0.05) is 41.5 Å². The SMILES string of the molecule is COC(=O)C1C(C)=NC(C)=C(c2nc(Cc3ccccc3)no2)C1c1cccc([N+](=O)[O-])c1. The van der Waals surface area contributed by atoms with Crippen molar-refractivity contribution in [3.05, 3.63) is 93.3 Å². The van der Waals surface area contributed by atoms with Crippen LogP contribution in [-0.4, -0.2) is 33.9 Å². The summed E-state index contributed by atoms with van der Waals surface area (Å²) in [4.78, 5) is 32.8. The molecule has 33 heavy (non-hydrogen) atoms. The molecular weight excluding hydrogens is 424 g/mol. The maximum Gasteiger partial charge on any atom is 0.315 e. The van der Waals surface area contributed by atoms with Gasteiger partial charge in [-0.2, -0.15) is 4.98 Å². The lowest BCUT2D eigenvalue weighted by atomic mass is 9.75. The monoisotopic (exact) mass is 446 g/mol. The fourth-order valence-electron chi connectivity index (χ4n) is 4.15. The third kappa shape index (κ3) is 4.43. The topological polar surface area (TPSA) is 121 Å². The summed E-state index contributed by atoms with van der Waals surface area (Å²) in [5, 5.41) is 15.5. The first-order valence-corrected chi connectivity index (χ1v) is 10.3. The average molecular weight is 446 g/mol. The number of carbonyl (C=O) groups excluding carboxylic acids is 1. The first-order valence-electron chi connectivity index (χ1n) is 10.3. The molecule has 0 N–H and O–H groups in total. The zero-order valence-corrected chi connectivity index (χ0v) is 18.4. The van der Waals surface area contributed by atoms with Crippen LogP contribution in [0.1, 0.15) is 42.6 Å². The van der Waals surface area contributed by atoms with Crippen molar-refractivity contribution in [2.24, 2.45) is 10.9 Å². The summed E-state index contributed by atoms with van der Waals surface area (Å²) in [6, 6.07) is 15.9. The Morgan fingerprint density at radius 3 is 2.61 bits per heavy atom. The molecule has 0 amide bonds. The largest absolute Gasteiger partial charge is 0.468 e. The van der Waals surface area contributed by atoms with Gasteiger partial charge in [0.15, 0.2) is 5.82 Å². The fourth-order valence-corrected chi connectivity index (χ4v) is 4.15. The van der Waals surface area contributed by atoms with Gasteiger partial charge in [-0.05, 0) is 25.0 Å². The minimum atomic E-state index is -0.792. The number of esters is 1. The van der Waals surface area contributed by atoms with Crippen molar-refractivity contribution in [2.75, 3.05) is 7.11 Å². The number of aliphatic imine (C=N–C) groups is 1. The number of non-ortho nitro benzene ring substituents is 1. The molecule has 0 fully saturated rings. The summed E-state index contributed by atoms with van der Waals surface area (Å²) in [5.74, 6) is -1.22. The van der Waals surface area contributed by atoms with Crippen LogP contribution in [0.25, 0.3) is 5.57 Å². The van der Waals surface area contributed by atoms with Gasteiger partial charge in [0.2, 0.25) is 0 Å². The summed E-state index contributed by atoms with van der Waals surface area (Å²) in [7, 11) is 1.30. The number of aromatic nitrogens is 2. The minimum absolute atomic E-state index is 0.0800. The van der Waals surface area contributed by atoms with Gasteiger partial charge in [-0.1, -0.05) is 47.6 Å². The summed E-state index contributed by atoms with van der Waals surface area (Å²) < 4.78 is 10.6. The number of hydrogen-bond donors (Lipinski definition) is 0. The van der Waals surface area contributed by atoms with Crippen LogP contribution in [0.3, 0.4) is 0 Å². The average Bonchev–Trinajstić information content (AvgIpc) is 3.26. The van der Waals surface area contributed by atoms with E-state index in [1.54, 1.807) is 26.0 Å². The van der Waals surface area contributed by atoms with Gasteiger partial charge in [-0.15, -0.1) is 0 Å². The van der Waals surface area contributed by atoms with Gasteiger partial charge in [0.05, 0.1) is 12.0 Å². The quantitative estimate of drug-likeness (QED) is 0.313. The van der Waals surface area contributed by atoms with Crippen LogP contribution in [0.4, 0.5) is 5.69 Å². The number of methoxy groups -OCH3 is 1. The van der Waals surface area contributed by atoms with E-state index in [0.29, 0.717) is 34.8 Å². The lowest BCUT2D eigenvalue weighted by molar-refractivity contribution is -0.384. The number of carbonyl (C=O) groups is 1. The van der Waals surface area contributed by atoms with Gasteiger partial charge >= 0.3 is 5.97 Å². The Hall–Kier alpha value is -4.14. The lowest BCUT2D eigenvalue weighted by Gasteiger charge is -2.30. The number of allylic oxidation sites excluding steroid dienone is 2. The molecule has 3 aromatic rings. The normalized spacial score (nSPS) is 18.1. The van der Waals surface area contributed by atoms with Gasteiger partial charge < -0.3 is 9.26 Å². The number of nitrogens with zero attached hydrogens (tertiary/aromatic N) is 4. The molecule has 1 aliphatic heterocycles. The Kier molecular flexibility index (Phi) is 6.12. The van der Waals surface area contributed by atoms with Gasteiger partial charge in [-0.25, -0.2) is 0 Å². The number of nitro groups is 1. The van der Waals surface area contributed by atoms with E-state index in [1.807, 2.05) is 30.3 Å². The van der Waals surface area contributed by atoms with E-state index in [0.717, 1.165) is 5.56 Å². The van der Waals surface area contributed by atoms with Crippen LogP contribution >= 0.6 is 0 Å². The molecular formula is C24H22N4O5. The highest BCUT2D eigenvalue weighted by molar-refractivity contribution is 6.06. The predicted molar refractivity (Wildman–Crippen MR) is 121 cm³/mol. The van der Waals surface area contributed by atoms with Crippen molar-refractivity contribution in [1.29, 1.82) is 0 Å². The van der Waals surface area contributed by atoms with E-state index in [1.165, 1.54) is 19.2 Å². The second-order valence-corrected chi connectivity index (χ2v) is 7.76. The van der Waals surface area contributed by atoms with E-state index < -0.39 is 22.7 Å².